The Bertz CT molecular complexity index is 940. The summed E-state index contributed by atoms with van der Waals surface area (Å²) in [6, 6.07) is 12.4. The number of hydrogen-bond donors (Lipinski definition) is 4. The van der Waals surface area contributed by atoms with Crippen LogP contribution in [0.4, 0.5) is 11.4 Å². The van der Waals surface area contributed by atoms with E-state index in [-0.39, 0.29) is 29.7 Å². The number of hydrazine groups is 1. The summed E-state index contributed by atoms with van der Waals surface area (Å²) in [5.74, 6) is 0.237. The van der Waals surface area contributed by atoms with E-state index in [0.717, 1.165) is 17.8 Å². The minimum absolute atomic E-state index is 0.0177. The van der Waals surface area contributed by atoms with Crippen molar-refractivity contribution in [2.75, 3.05) is 17.2 Å². The van der Waals surface area contributed by atoms with Crippen LogP contribution in [0.3, 0.4) is 0 Å². The van der Waals surface area contributed by atoms with E-state index in [1.807, 2.05) is 18.2 Å². The Balaban J connectivity index is 1.70. The molecule has 4 rings (SSSR count). The van der Waals surface area contributed by atoms with Crippen LogP contribution in [-0.2, 0) is 9.59 Å². The zero-order chi connectivity index (χ0) is 19.8. The number of nitrogens with one attached hydrogen (secondary N) is 4. The Labute approximate surface area is 165 Å². The molecule has 6 heteroatoms. The molecule has 28 heavy (non-hydrogen) atoms. The van der Waals surface area contributed by atoms with Gasteiger partial charge in [-0.2, -0.15) is 0 Å². The molecule has 0 aromatic heterocycles. The van der Waals surface area contributed by atoms with Gasteiger partial charge in [-0.3, -0.25) is 15.0 Å². The lowest BCUT2D eigenvalue weighted by molar-refractivity contribution is -0.117. The Morgan fingerprint density at radius 2 is 1.93 bits per heavy atom. The smallest absolute Gasteiger partial charge is 0.225 e. The van der Waals surface area contributed by atoms with Crippen molar-refractivity contribution < 1.29 is 9.59 Å². The Morgan fingerprint density at radius 3 is 2.71 bits per heavy atom. The fourth-order valence-corrected chi connectivity index (χ4v) is 4.45. The van der Waals surface area contributed by atoms with E-state index >= 15 is 0 Å². The molecule has 2 aromatic carbocycles. The van der Waals surface area contributed by atoms with Crippen LogP contribution >= 0.6 is 0 Å². The van der Waals surface area contributed by atoms with Gasteiger partial charge in [-0.15, -0.1) is 0 Å². The third kappa shape index (κ3) is 3.53. The van der Waals surface area contributed by atoms with Crippen LogP contribution in [0.1, 0.15) is 47.6 Å². The van der Waals surface area contributed by atoms with Crippen molar-refractivity contribution in [2.24, 2.45) is 5.92 Å². The van der Waals surface area contributed by atoms with Gasteiger partial charge >= 0.3 is 0 Å². The third-order valence-electron chi connectivity index (χ3n) is 5.76. The van der Waals surface area contributed by atoms with Crippen molar-refractivity contribution in [3.05, 3.63) is 58.7 Å². The van der Waals surface area contributed by atoms with E-state index in [0.29, 0.717) is 12.1 Å². The molecule has 0 saturated carbocycles. The van der Waals surface area contributed by atoms with E-state index in [9.17, 15) is 9.59 Å². The summed E-state index contributed by atoms with van der Waals surface area (Å²) in [7, 11) is 0. The standard InChI is InChI=1S/C22H26N4O2/c1-12-4-5-13(2)17(8-12)22-19(11-23-26-22)18-10-21(28)25-20-9-15(24-14(3)27)6-7-16(18)20/h4-9,18-19,22-23,26H,10-11H2,1-3H3,(H,24,27)(H,25,28). The van der Waals surface area contributed by atoms with Crippen molar-refractivity contribution in [1.82, 2.24) is 10.9 Å². The summed E-state index contributed by atoms with van der Waals surface area (Å²) in [6.45, 7) is 6.51. The van der Waals surface area contributed by atoms with Gasteiger partial charge in [0, 0.05) is 43.1 Å². The van der Waals surface area contributed by atoms with E-state index in [2.05, 4.69) is 53.5 Å². The summed E-state index contributed by atoms with van der Waals surface area (Å²) in [4.78, 5) is 23.8. The average Bonchev–Trinajstić information content (AvgIpc) is 3.11. The van der Waals surface area contributed by atoms with Gasteiger partial charge in [0.15, 0.2) is 0 Å². The minimum atomic E-state index is -0.127. The maximum absolute atomic E-state index is 12.5. The fourth-order valence-electron chi connectivity index (χ4n) is 4.45. The summed E-state index contributed by atoms with van der Waals surface area (Å²) in [6.07, 6.45) is 0.460. The summed E-state index contributed by atoms with van der Waals surface area (Å²) in [5.41, 5.74) is 13.1. The number of hydrogen-bond acceptors (Lipinski definition) is 4. The number of benzene rings is 2. The lowest BCUT2D eigenvalue weighted by atomic mass is 9.75. The molecule has 3 atom stereocenters. The highest BCUT2D eigenvalue weighted by atomic mass is 16.2. The van der Waals surface area contributed by atoms with Crippen molar-refractivity contribution in [3.8, 4) is 0 Å². The van der Waals surface area contributed by atoms with Gasteiger partial charge < -0.3 is 10.6 Å². The molecule has 2 aliphatic rings. The maximum atomic E-state index is 12.5. The molecule has 2 aliphatic heterocycles. The molecular weight excluding hydrogens is 352 g/mol. The molecule has 0 radical (unpaired) electrons. The first kappa shape index (κ1) is 18.7. The molecule has 0 bridgehead atoms. The monoisotopic (exact) mass is 378 g/mol. The minimum Gasteiger partial charge on any atom is -0.326 e. The number of carbonyl (C=O) groups is 2. The SMILES string of the molecule is CC(=O)Nc1ccc2c(c1)NC(=O)CC2C1CNNC1c1cc(C)ccc1C. The van der Waals surface area contributed by atoms with Crippen molar-refractivity contribution in [3.63, 3.8) is 0 Å². The second-order valence-corrected chi connectivity index (χ2v) is 7.87. The van der Waals surface area contributed by atoms with E-state index in [1.54, 1.807) is 0 Å². The lowest BCUT2D eigenvalue weighted by Crippen LogP contribution is -2.31. The van der Waals surface area contributed by atoms with Crippen molar-refractivity contribution in [1.29, 1.82) is 0 Å². The van der Waals surface area contributed by atoms with Crippen LogP contribution in [0.5, 0.6) is 0 Å². The van der Waals surface area contributed by atoms with Gasteiger partial charge in [-0.05, 0) is 42.7 Å². The van der Waals surface area contributed by atoms with Gasteiger partial charge in [0.25, 0.3) is 0 Å². The normalized spacial score (nSPS) is 23.8. The second-order valence-electron chi connectivity index (χ2n) is 7.87. The predicted molar refractivity (Wildman–Crippen MR) is 110 cm³/mol. The van der Waals surface area contributed by atoms with E-state index in [1.165, 1.54) is 23.6 Å². The lowest BCUT2D eigenvalue weighted by Gasteiger charge is -2.33. The molecular formula is C22H26N4O2. The second kappa shape index (κ2) is 7.37. The van der Waals surface area contributed by atoms with Crippen LogP contribution in [0.2, 0.25) is 0 Å². The molecule has 1 saturated heterocycles. The Kier molecular flexibility index (Phi) is 4.91. The number of fused-ring (bicyclic) bond motifs is 1. The first-order valence-electron chi connectivity index (χ1n) is 9.69. The zero-order valence-electron chi connectivity index (χ0n) is 16.4. The van der Waals surface area contributed by atoms with Crippen molar-refractivity contribution >= 4 is 23.2 Å². The highest BCUT2D eigenvalue weighted by Gasteiger charge is 2.39. The van der Waals surface area contributed by atoms with Gasteiger partial charge in [0.2, 0.25) is 11.8 Å². The molecule has 1 fully saturated rings. The average molecular weight is 378 g/mol. The van der Waals surface area contributed by atoms with Crippen LogP contribution in [0, 0.1) is 19.8 Å². The highest BCUT2D eigenvalue weighted by Crippen LogP contribution is 2.44. The fraction of sp³-hybridized carbons (Fsp3) is 0.364. The van der Waals surface area contributed by atoms with E-state index in [4.69, 9.17) is 0 Å². The molecule has 3 unspecified atom stereocenters. The predicted octanol–water partition coefficient (Wildman–Crippen LogP) is 3.15. The van der Waals surface area contributed by atoms with Gasteiger partial charge in [-0.25, -0.2) is 5.43 Å². The molecule has 2 amide bonds. The van der Waals surface area contributed by atoms with Gasteiger partial charge in [-0.1, -0.05) is 29.8 Å². The molecule has 0 aliphatic carbocycles. The number of carbonyl (C=O) groups excluding carboxylic acids is 2. The van der Waals surface area contributed by atoms with Crippen LogP contribution in [0.25, 0.3) is 0 Å². The molecule has 2 aromatic rings. The Hall–Kier alpha value is -2.70. The number of aryl methyl sites for hydroxylation is 2. The molecule has 4 N–H and O–H groups in total. The molecule has 2 heterocycles. The van der Waals surface area contributed by atoms with Crippen LogP contribution in [-0.4, -0.2) is 18.4 Å². The summed E-state index contributed by atoms with van der Waals surface area (Å²) >= 11 is 0. The first-order chi connectivity index (χ1) is 13.4. The summed E-state index contributed by atoms with van der Waals surface area (Å²) in [5, 5.41) is 5.76. The number of rotatable bonds is 3. The Morgan fingerprint density at radius 1 is 1.11 bits per heavy atom. The quantitative estimate of drug-likeness (QED) is 0.661. The first-order valence-corrected chi connectivity index (χ1v) is 9.69. The summed E-state index contributed by atoms with van der Waals surface area (Å²) < 4.78 is 0. The zero-order valence-corrected chi connectivity index (χ0v) is 16.4. The van der Waals surface area contributed by atoms with Crippen LogP contribution < -0.4 is 21.5 Å². The molecule has 146 valence electrons. The van der Waals surface area contributed by atoms with E-state index < -0.39 is 0 Å². The molecule has 0 spiro atoms. The number of amides is 2. The number of anilines is 2. The van der Waals surface area contributed by atoms with Gasteiger partial charge in [0.05, 0.1) is 6.04 Å². The van der Waals surface area contributed by atoms with Crippen LogP contribution in [0.15, 0.2) is 36.4 Å². The van der Waals surface area contributed by atoms with Crippen molar-refractivity contribution in [2.45, 2.75) is 39.2 Å². The topological polar surface area (TPSA) is 82.3 Å². The largest absolute Gasteiger partial charge is 0.326 e. The third-order valence-corrected chi connectivity index (χ3v) is 5.76. The highest BCUT2D eigenvalue weighted by molar-refractivity contribution is 5.96. The molecule has 6 nitrogen and oxygen atoms in total. The van der Waals surface area contributed by atoms with Gasteiger partial charge in [0.1, 0.15) is 0 Å². The maximum Gasteiger partial charge on any atom is 0.225 e.